The Morgan fingerprint density at radius 3 is 2.74 bits per heavy atom. The van der Waals surface area contributed by atoms with E-state index in [0.717, 1.165) is 50.8 Å². The Bertz CT molecular complexity index is 637. The largest absolute Gasteiger partial charge is 0.315 e. The fourth-order valence-electron chi connectivity index (χ4n) is 3.63. The standard InChI is InChI=1S/C16H23ClN2O2S.ClH/c1-2-3-12-4-7-15(17)16(10-12)22(20,21)19-13-5-6-14(19)11-18-9-8-13;/h4,7,10,13-14,18H,2-3,5-6,8-9,11H2,1H3;1H. The summed E-state index contributed by atoms with van der Waals surface area (Å²) in [7, 11) is -3.53. The van der Waals surface area contributed by atoms with Crippen molar-refractivity contribution in [3.8, 4) is 0 Å². The van der Waals surface area contributed by atoms with E-state index < -0.39 is 10.0 Å². The number of sulfonamides is 1. The Morgan fingerprint density at radius 2 is 2.00 bits per heavy atom. The first-order chi connectivity index (χ1) is 10.5. The van der Waals surface area contributed by atoms with Crippen molar-refractivity contribution < 1.29 is 8.42 Å². The summed E-state index contributed by atoms with van der Waals surface area (Å²) in [6.07, 6.45) is 4.62. The maximum Gasteiger partial charge on any atom is 0.245 e. The van der Waals surface area contributed by atoms with Crippen LogP contribution in [0.5, 0.6) is 0 Å². The molecule has 2 unspecified atom stereocenters. The summed E-state index contributed by atoms with van der Waals surface area (Å²) in [5, 5.41) is 3.67. The van der Waals surface area contributed by atoms with Crippen LogP contribution in [-0.4, -0.2) is 37.9 Å². The summed E-state index contributed by atoms with van der Waals surface area (Å²) in [5.41, 5.74) is 1.03. The summed E-state index contributed by atoms with van der Waals surface area (Å²) in [6.45, 7) is 3.71. The molecule has 2 heterocycles. The van der Waals surface area contributed by atoms with Gasteiger partial charge in [-0.1, -0.05) is 31.0 Å². The molecule has 23 heavy (non-hydrogen) atoms. The van der Waals surface area contributed by atoms with Gasteiger partial charge in [-0.2, -0.15) is 4.31 Å². The van der Waals surface area contributed by atoms with E-state index in [1.807, 2.05) is 6.07 Å². The number of nitrogens with one attached hydrogen (secondary N) is 1. The second-order valence-electron chi connectivity index (χ2n) is 6.23. The monoisotopic (exact) mass is 378 g/mol. The quantitative estimate of drug-likeness (QED) is 0.874. The minimum atomic E-state index is -3.53. The second kappa shape index (κ2) is 7.70. The minimum absolute atomic E-state index is 0. The maximum absolute atomic E-state index is 13.2. The smallest absolute Gasteiger partial charge is 0.245 e. The van der Waals surface area contributed by atoms with Crippen molar-refractivity contribution >= 4 is 34.0 Å². The molecule has 2 atom stereocenters. The van der Waals surface area contributed by atoms with Gasteiger partial charge in [-0.05, 0) is 49.9 Å². The highest BCUT2D eigenvalue weighted by Gasteiger charge is 2.43. The molecule has 2 saturated heterocycles. The van der Waals surface area contributed by atoms with Gasteiger partial charge in [0.2, 0.25) is 10.0 Å². The highest BCUT2D eigenvalue weighted by atomic mass is 35.5. The molecule has 2 aliphatic heterocycles. The summed E-state index contributed by atoms with van der Waals surface area (Å²) < 4.78 is 28.1. The van der Waals surface area contributed by atoms with Gasteiger partial charge < -0.3 is 5.32 Å². The lowest BCUT2D eigenvalue weighted by Crippen LogP contribution is -2.42. The van der Waals surface area contributed by atoms with Crippen molar-refractivity contribution in [3.05, 3.63) is 28.8 Å². The molecule has 0 radical (unpaired) electrons. The third-order valence-corrected chi connectivity index (χ3v) is 7.16. The predicted octanol–water partition coefficient (Wildman–Crippen LogP) is 3.23. The molecule has 0 saturated carbocycles. The molecule has 7 heteroatoms. The Kier molecular flexibility index (Phi) is 6.36. The van der Waals surface area contributed by atoms with E-state index in [2.05, 4.69) is 12.2 Å². The van der Waals surface area contributed by atoms with Crippen molar-refractivity contribution in [1.29, 1.82) is 0 Å². The maximum atomic E-state index is 13.2. The molecule has 0 aromatic heterocycles. The Balaban J connectivity index is 0.00000192. The predicted molar refractivity (Wildman–Crippen MR) is 96.0 cm³/mol. The molecule has 0 amide bonds. The van der Waals surface area contributed by atoms with Gasteiger partial charge in [0.25, 0.3) is 0 Å². The van der Waals surface area contributed by atoms with Gasteiger partial charge in [0.1, 0.15) is 4.90 Å². The topological polar surface area (TPSA) is 49.4 Å². The van der Waals surface area contributed by atoms with E-state index in [-0.39, 0.29) is 29.4 Å². The first kappa shape index (κ1) is 19.0. The molecule has 0 spiro atoms. The highest BCUT2D eigenvalue weighted by Crippen LogP contribution is 2.36. The molecule has 1 aromatic carbocycles. The fourth-order valence-corrected chi connectivity index (χ4v) is 6.06. The molecule has 2 fully saturated rings. The lowest BCUT2D eigenvalue weighted by molar-refractivity contribution is 0.334. The van der Waals surface area contributed by atoms with Gasteiger partial charge in [0.05, 0.1) is 5.02 Å². The van der Waals surface area contributed by atoms with Gasteiger partial charge in [0, 0.05) is 18.6 Å². The van der Waals surface area contributed by atoms with E-state index in [4.69, 9.17) is 11.6 Å². The van der Waals surface area contributed by atoms with Crippen LogP contribution in [0.2, 0.25) is 5.02 Å². The average Bonchev–Trinajstić information content (AvgIpc) is 2.75. The number of aryl methyl sites for hydroxylation is 1. The molecule has 2 bridgehead atoms. The SMILES string of the molecule is CCCc1ccc(Cl)c(S(=O)(=O)N2C3CCNCC2CC3)c1.Cl. The molecule has 130 valence electrons. The van der Waals surface area contributed by atoms with E-state index in [9.17, 15) is 8.42 Å². The van der Waals surface area contributed by atoms with Crippen LogP contribution in [0.25, 0.3) is 0 Å². The summed E-state index contributed by atoms with van der Waals surface area (Å²) in [5.74, 6) is 0. The number of halogens is 2. The molecule has 1 aromatic rings. The average molecular weight is 379 g/mol. The van der Waals surface area contributed by atoms with Crippen molar-refractivity contribution in [2.45, 2.75) is 56.0 Å². The number of benzene rings is 1. The minimum Gasteiger partial charge on any atom is -0.315 e. The van der Waals surface area contributed by atoms with Gasteiger partial charge >= 0.3 is 0 Å². The normalized spacial score (nSPS) is 25.0. The Labute approximate surface area is 150 Å². The van der Waals surface area contributed by atoms with Gasteiger partial charge in [0.15, 0.2) is 0 Å². The van der Waals surface area contributed by atoms with Crippen LogP contribution in [0.15, 0.2) is 23.1 Å². The van der Waals surface area contributed by atoms with Crippen molar-refractivity contribution in [1.82, 2.24) is 9.62 Å². The molecule has 0 aliphatic carbocycles. The van der Waals surface area contributed by atoms with E-state index in [0.29, 0.717) is 5.02 Å². The van der Waals surface area contributed by atoms with E-state index in [1.54, 1.807) is 16.4 Å². The molecule has 2 aliphatic rings. The number of rotatable bonds is 4. The van der Waals surface area contributed by atoms with Gasteiger partial charge in [-0.15, -0.1) is 12.4 Å². The Morgan fingerprint density at radius 1 is 1.26 bits per heavy atom. The van der Waals surface area contributed by atoms with Crippen molar-refractivity contribution in [2.75, 3.05) is 13.1 Å². The van der Waals surface area contributed by atoms with Crippen molar-refractivity contribution in [2.24, 2.45) is 0 Å². The first-order valence-corrected chi connectivity index (χ1v) is 9.88. The van der Waals surface area contributed by atoms with E-state index in [1.165, 1.54) is 0 Å². The molecule has 4 nitrogen and oxygen atoms in total. The van der Waals surface area contributed by atoms with Crippen molar-refractivity contribution in [3.63, 3.8) is 0 Å². The zero-order valence-electron chi connectivity index (χ0n) is 13.3. The Hall–Kier alpha value is -0.330. The summed E-state index contributed by atoms with van der Waals surface area (Å²) in [6, 6.07) is 5.57. The summed E-state index contributed by atoms with van der Waals surface area (Å²) >= 11 is 6.24. The second-order valence-corrected chi connectivity index (χ2v) is 8.45. The fraction of sp³-hybridized carbons (Fsp3) is 0.625. The number of hydrogen-bond acceptors (Lipinski definition) is 3. The molecular formula is C16H24Cl2N2O2S. The highest BCUT2D eigenvalue weighted by molar-refractivity contribution is 7.89. The first-order valence-electron chi connectivity index (χ1n) is 8.06. The lowest BCUT2D eigenvalue weighted by Gasteiger charge is -2.27. The van der Waals surface area contributed by atoms with Crippen LogP contribution in [0.3, 0.4) is 0 Å². The van der Waals surface area contributed by atoms with Gasteiger partial charge in [-0.25, -0.2) is 8.42 Å². The van der Waals surface area contributed by atoms with Crippen LogP contribution in [0.1, 0.15) is 38.2 Å². The van der Waals surface area contributed by atoms with Crippen LogP contribution >= 0.6 is 24.0 Å². The van der Waals surface area contributed by atoms with E-state index >= 15 is 0 Å². The zero-order valence-corrected chi connectivity index (χ0v) is 15.7. The van der Waals surface area contributed by atoms with Crippen LogP contribution < -0.4 is 5.32 Å². The number of hydrogen-bond donors (Lipinski definition) is 1. The van der Waals surface area contributed by atoms with Gasteiger partial charge in [-0.3, -0.25) is 0 Å². The molecule has 3 rings (SSSR count). The number of fused-ring (bicyclic) bond motifs is 2. The zero-order chi connectivity index (χ0) is 15.7. The summed E-state index contributed by atoms with van der Waals surface area (Å²) in [4.78, 5) is 0.277. The number of nitrogens with zero attached hydrogens (tertiary/aromatic N) is 1. The van der Waals surface area contributed by atoms with Crippen LogP contribution in [-0.2, 0) is 16.4 Å². The molecule has 1 N–H and O–H groups in total. The third-order valence-electron chi connectivity index (χ3n) is 4.68. The third kappa shape index (κ3) is 3.69. The van der Waals surface area contributed by atoms with Crippen LogP contribution in [0, 0.1) is 0 Å². The molecular weight excluding hydrogens is 355 g/mol. The lowest BCUT2D eigenvalue weighted by atomic mass is 10.1. The van der Waals surface area contributed by atoms with Crippen LogP contribution in [0.4, 0.5) is 0 Å².